The molecular weight excluding hydrogens is 328 g/mol. The second-order valence-electron chi connectivity index (χ2n) is 7.65. The highest BCUT2D eigenvalue weighted by molar-refractivity contribution is 5.93. The Bertz CT molecular complexity index is 767. The number of rotatable bonds is 4. The van der Waals surface area contributed by atoms with Gasteiger partial charge in [-0.15, -0.1) is 0 Å². The number of ether oxygens (including phenoxy) is 1. The maximum Gasteiger partial charge on any atom is 0.270 e. The molecule has 2 aliphatic rings. The molecule has 4 heterocycles. The average Bonchev–Trinajstić information content (AvgIpc) is 3.05. The number of likely N-dealkylation sites (tertiary alicyclic amines) is 2. The fraction of sp³-hybridized carbons (Fsp3) is 0.500. The molecule has 0 aliphatic carbocycles. The van der Waals surface area contributed by atoms with E-state index in [1.165, 1.54) is 0 Å². The first-order valence-corrected chi connectivity index (χ1v) is 9.23. The van der Waals surface area contributed by atoms with Crippen molar-refractivity contribution in [2.45, 2.75) is 18.4 Å². The summed E-state index contributed by atoms with van der Waals surface area (Å²) in [5, 5.41) is 0. The number of aromatic nitrogens is 2. The normalized spacial score (nSPS) is 22.2. The van der Waals surface area contributed by atoms with Crippen LogP contribution < -0.4 is 4.74 Å². The van der Waals surface area contributed by atoms with Gasteiger partial charge in [-0.25, -0.2) is 4.98 Å². The Morgan fingerprint density at radius 3 is 2.81 bits per heavy atom. The summed E-state index contributed by atoms with van der Waals surface area (Å²) >= 11 is 0. The summed E-state index contributed by atoms with van der Waals surface area (Å²) in [6, 6.07) is 9.54. The molecule has 0 bridgehead atoms. The summed E-state index contributed by atoms with van der Waals surface area (Å²) in [7, 11) is 4.10. The summed E-state index contributed by atoms with van der Waals surface area (Å²) in [4.78, 5) is 21.3. The summed E-state index contributed by atoms with van der Waals surface area (Å²) in [6.45, 7) is 3.34. The van der Waals surface area contributed by atoms with E-state index in [1.54, 1.807) is 6.20 Å². The van der Waals surface area contributed by atoms with Crippen molar-refractivity contribution in [2.75, 3.05) is 33.3 Å². The van der Waals surface area contributed by atoms with E-state index in [9.17, 15) is 4.79 Å². The minimum absolute atomic E-state index is 0.0945. The van der Waals surface area contributed by atoms with E-state index in [-0.39, 0.29) is 11.4 Å². The van der Waals surface area contributed by atoms with Crippen molar-refractivity contribution >= 4 is 5.91 Å². The molecule has 2 saturated heterocycles. The Morgan fingerprint density at radius 2 is 2.12 bits per heavy atom. The lowest BCUT2D eigenvalue weighted by atomic mass is 9.75. The predicted molar refractivity (Wildman–Crippen MR) is 99.1 cm³/mol. The van der Waals surface area contributed by atoms with Crippen LogP contribution in [-0.4, -0.2) is 64.1 Å². The van der Waals surface area contributed by atoms with E-state index in [0.717, 1.165) is 38.2 Å². The van der Waals surface area contributed by atoms with Crippen molar-refractivity contribution in [3.63, 3.8) is 0 Å². The minimum atomic E-state index is 0.0945. The van der Waals surface area contributed by atoms with E-state index in [2.05, 4.69) is 16.9 Å². The molecule has 4 rings (SSSR count). The van der Waals surface area contributed by atoms with Crippen molar-refractivity contribution < 1.29 is 9.53 Å². The van der Waals surface area contributed by atoms with Gasteiger partial charge < -0.3 is 14.2 Å². The topological polar surface area (TPSA) is 50.6 Å². The molecule has 0 N–H and O–H groups in total. The van der Waals surface area contributed by atoms with E-state index in [0.29, 0.717) is 18.4 Å². The first-order valence-electron chi connectivity index (χ1n) is 9.23. The van der Waals surface area contributed by atoms with E-state index < -0.39 is 0 Å². The summed E-state index contributed by atoms with van der Waals surface area (Å²) < 4.78 is 7.77. The number of piperidine rings is 1. The lowest BCUT2D eigenvalue weighted by Crippen LogP contribution is -2.72. The zero-order chi connectivity index (χ0) is 18.1. The number of hydrogen-bond acceptors (Lipinski definition) is 4. The van der Waals surface area contributed by atoms with Crippen LogP contribution in [-0.2, 0) is 7.05 Å². The third kappa shape index (κ3) is 3.09. The van der Waals surface area contributed by atoms with Gasteiger partial charge in [0.1, 0.15) is 5.69 Å². The van der Waals surface area contributed by atoms with Crippen LogP contribution in [0.15, 0.2) is 42.7 Å². The molecule has 1 spiro atoms. The average molecular weight is 354 g/mol. The van der Waals surface area contributed by atoms with E-state index >= 15 is 0 Å². The van der Waals surface area contributed by atoms with Crippen molar-refractivity contribution in [3.05, 3.63) is 48.4 Å². The predicted octanol–water partition coefficient (Wildman–Crippen LogP) is 2.04. The Balaban J connectivity index is 1.36. The summed E-state index contributed by atoms with van der Waals surface area (Å²) in [6.07, 6.45) is 5.86. The van der Waals surface area contributed by atoms with Crippen LogP contribution in [0.4, 0.5) is 0 Å². The van der Waals surface area contributed by atoms with E-state index in [4.69, 9.17) is 4.74 Å². The molecule has 0 aromatic carbocycles. The van der Waals surface area contributed by atoms with Crippen LogP contribution in [0.1, 0.15) is 23.3 Å². The number of hydrogen-bond donors (Lipinski definition) is 0. The SMILES string of the molecule is CN1CC[C@H](COc2ccccn2)CC12CN(C(=O)c1cccn1C)C2. The van der Waals surface area contributed by atoms with Gasteiger partial charge in [-0.3, -0.25) is 9.69 Å². The third-order valence-electron chi connectivity index (χ3n) is 5.88. The van der Waals surface area contributed by atoms with Crippen LogP contribution in [0.25, 0.3) is 0 Å². The first kappa shape index (κ1) is 17.1. The summed E-state index contributed by atoms with van der Waals surface area (Å²) in [5.74, 6) is 1.32. The molecule has 2 aliphatic heterocycles. The van der Waals surface area contributed by atoms with Gasteiger partial charge in [0.25, 0.3) is 5.91 Å². The lowest BCUT2D eigenvalue weighted by Gasteiger charge is -2.58. The monoisotopic (exact) mass is 354 g/mol. The molecule has 0 unspecified atom stereocenters. The van der Waals surface area contributed by atoms with E-state index in [1.807, 2.05) is 53.0 Å². The van der Waals surface area contributed by atoms with Gasteiger partial charge in [0.2, 0.25) is 5.88 Å². The van der Waals surface area contributed by atoms with Gasteiger partial charge in [-0.05, 0) is 50.6 Å². The number of likely N-dealkylation sites (N-methyl/N-ethyl adjacent to an activating group) is 1. The Hall–Kier alpha value is -2.34. The standard InChI is InChI=1S/C20H26N4O2/c1-22-10-5-6-17(22)19(25)24-14-20(15-24)12-16(8-11-23(20)2)13-26-18-7-3-4-9-21-18/h3-7,9-10,16H,8,11-15H2,1-2H3/t16-/m0/s1. The number of carbonyl (C=O) groups excluding carboxylic acids is 1. The van der Waals surface area contributed by atoms with Gasteiger partial charge in [-0.2, -0.15) is 0 Å². The zero-order valence-corrected chi connectivity index (χ0v) is 15.5. The highest BCUT2D eigenvalue weighted by atomic mass is 16.5. The quantitative estimate of drug-likeness (QED) is 0.843. The molecule has 2 aromatic heterocycles. The maximum absolute atomic E-state index is 12.7. The number of amides is 1. The molecular formula is C20H26N4O2. The fourth-order valence-corrected chi connectivity index (χ4v) is 4.21. The third-order valence-corrected chi connectivity index (χ3v) is 5.88. The Morgan fingerprint density at radius 1 is 1.27 bits per heavy atom. The highest BCUT2D eigenvalue weighted by Crippen LogP contribution is 2.38. The Labute approximate surface area is 154 Å². The van der Waals surface area contributed by atoms with Crippen molar-refractivity contribution in [2.24, 2.45) is 13.0 Å². The lowest BCUT2D eigenvalue weighted by molar-refractivity contribution is -0.0698. The molecule has 1 atom stereocenters. The van der Waals surface area contributed by atoms with Crippen molar-refractivity contribution in [3.8, 4) is 5.88 Å². The number of pyridine rings is 1. The largest absolute Gasteiger partial charge is 0.477 e. The highest BCUT2D eigenvalue weighted by Gasteiger charge is 2.51. The van der Waals surface area contributed by atoms with Crippen LogP contribution in [0, 0.1) is 5.92 Å². The molecule has 2 fully saturated rings. The van der Waals surface area contributed by atoms with Crippen LogP contribution in [0.5, 0.6) is 5.88 Å². The van der Waals surface area contributed by atoms with Gasteiger partial charge >= 0.3 is 0 Å². The maximum atomic E-state index is 12.7. The molecule has 0 radical (unpaired) electrons. The number of carbonyl (C=O) groups is 1. The molecule has 0 saturated carbocycles. The number of nitrogens with zero attached hydrogens (tertiary/aromatic N) is 4. The second kappa shape index (κ2) is 6.76. The minimum Gasteiger partial charge on any atom is -0.477 e. The zero-order valence-electron chi connectivity index (χ0n) is 15.5. The molecule has 2 aromatic rings. The van der Waals surface area contributed by atoms with Gasteiger partial charge in [0, 0.05) is 38.6 Å². The van der Waals surface area contributed by atoms with Crippen LogP contribution in [0.3, 0.4) is 0 Å². The van der Waals surface area contributed by atoms with Crippen molar-refractivity contribution in [1.82, 2.24) is 19.4 Å². The molecule has 1 amide bonds. The summed E-state index contributed by atoms with van der Waals surface area (Å²) in [5.41, 5.74) is 0.852. The molecule has 26 heavy (non-hydrogen) atoms. The number of aryl methyl sites for hydroxylation is 1. The van der Waals surface area contributed by atoms with Crippen LogP contribution in [0.2, 0.25) is 0 Å². The molecule has 138 valence electrons. The van der Waals surface area contributed by atoms with Gasteiger partial charge in [-0.1, -0.05) is 6.07 Å². The fourth-order valence-electron chi connectivity index (χ4n) is 4.21. The smallest absolute Gasteiger partial charge is 0.270 e. The molecule has 6 nitrogen and oxygen atoms in total. The second-order valence-corrected chi connectivity index (χ2v) is 7.65. The Kier molecular flexibility index (Phi) is 4.44. The van der Waals surface area contributed by atoms with Crippen molar-refractivity contribution in [1.29, 1.82) is 0 Å². The van der Waals surface area contributed by atoms with Gasteiger partial charge in [0.15, 0.2) is 0 Å². The van der Waals surface area contributed by atoms with Crippen LogP contribution >= 0.6 is 0 Å². The van der Waals surface area contributed by atoms with Gasteiger partial charge in [0.05, 0.1) is 12.1 Å². The molecule has 6 heteroatoms. The first-order chi connectivity index (χ1) is 12.6.